The van der Waals surface area contributed by atoms with Crippen molar-refractivity contribution in [1.29, 1.82) is 0 Å². The van der Waals surface area contributed by atoms with Crippen LogP contribution in [0.15, 0.2) is 40.1 Å². The number of sulfonamides is 1. The molecule has 29 heavy (non-hydrogen) atoms. The number of hydrogen-bond donors (Lipinski definition) is 1. The minimum absolute atomic E-state index is 0.0943. The van der Waals surface area contributed by atoms with Gasteiger partial charge in [0.2, 0.25) is 0 Å². The van der Waals surface area contributed by atoms with E-state index in [0.29, 0.717) is 28.5 Å². The van der Waals surface area contributed by atoms with Gasteiger partial charge in [-0.05, 0) is 61.5 Å². The van der Waals surface area contributed by atoms with Crippen LogP contribution in [0.1, 0.15) is 35.2 Å². The Bertz CT molecular complexity index is 1190. The molecule has 4 rings (SSSR count). The van der Waals surface area contributed by atoms with Crippen molar-refractivity contribution in [2.75, 3.05) is 17.8 Å². The van der Waals surface area contributed by atoms with Gasteiger partial charge in [-0.25, -0.2) is 4.98 Å². The Kier molecular flexibility index (Phi) is 5.58. The molecule has 1 aromatic carbocycles. The van der Waals surface area contributed by atoms with E-state index in [0.717, 1.165) is 29.5 Å². The van der Waals surface area contributed by atoms with Crippen molar-refractivity contribution < 1.29 is 13.2 Å². The van der Waals surface area contributed by atoms with E-state index in [1.807, 2.05) is 6.92 Å². The highest BCUT2D eigenvalue weighted by molar-refractivity contribution is 9.10. The van der Waals surface area contributed by atoms with Gasteiger partial charge in [0.05, 0.1) is 27.5 Å². The van der Waals surface area contributed by atoms with Crippen LogP contribution < -0.4 is 4.72 Å². The molecule has 7 nitrogen and oxygen atoms in total. The zero-order valence-electron chi connectivity index (χ0n) is 15.7. The van der Waals surface area contributed by atoms with Crippen molar-refractivity contribution >= 4 is 59.2 Å². The summed E-state index contributed by atoms with van der Waals surface area (Å²) in [5.41, 5.74) is 1.42. The molecular weight excluding hydrogens is 476 g/mol. The summed E-state index contributed by atoms with van der Waals surface area (Å²) in [5.74, 6) is -0.172. The molecule has 0 radical (unpaired) electrons. The van der Waals surface area contributed by atoms with Crippen LogP contribution in [0.5, 0.6) is 0 Å². The standard InChI is InChI=1S/C19H19BrN4O3S2/c1-12-10-21-18(15-11-22-28-17(12)15)29(26,27)23-16-9-13(20)5-6-14(16)19(25)24-7-3-2-4-8-24/h5-6,9-11,23H,2-4,7-8H2,1H3. The number of fused-ring (bicyclic) bond motifs is 1. The first-order valence-electron chi connectivity index (χ1n) is 9.18. The highest BCUT2D eigenvalue weighted by Crippen LogP contribution is 2.30. The normalized spacial score (nSPS) is 14.9. The van der Waals surface area contributed by atoms with E-state index in [9.17, 15) is 13.2 Å². The van der Waals surface area contributed by atoms with Crippen LogP contribution >= 0.6 is 27.5 Å². The van der Waals surface area contributed by atoms with E-state index in [2.05, 4.69) is 30.0 Å². The second kappa shape index (κ2) is 8.00. The van der Waals surface area contributed by atoms with Crippen molar-refractivity contribution in [1.82, 2.24) is 14.3 Å². The molecule has 0 saturated carbocycles. The second-order valence-electron chi connectivity index (χ2n) is 6.96. The summed E-state index contributed by atoms with van der Waals surface area (Å²) in [5, 5.41) is 0.379. The van der Waals surface area contributed by atoms with Crippen molar-refractivity contribution in [3.8, 4) is 0 Å². The number of nitrogens with one attached hydrogen (secondary N) is 1. The minimum atomic E-state index is -4.02. The zero-order valence-corrected chi connectivity index (χ0v) is 18.9. The Morgan fingerprint density at radius 1 is 1.21 bits per heavy atom. The number of piperidine rings is 1. The Labute approximate surface area is 181 Å². The quantitative estimate of drug-likeness (QED) is 0.586. The van der Waals surface area contributed by atoms with Gasteiger partial charge in [-0.3, -0.25) is 9.52 Å². The fourth-order valence-corrected chi connectivity index (χ4v) is 5.75. The number of aryl methyl sites for hydroxylation is 1. The first kappa shape index (κ1) is 20.2. The van der Waals surface area contributed by atoms with E-state index in [1.165, 1.54) is 23.9 Å². The number of amides is 1. The lowest BCUT2D eigenvalue weighted by atomic mass is 10.1. The van der Waals surface area contributed by atoms with Gasteiger partial charge < -0.3 is 4.90 Å². The predicted molar refractivity (Wildman–Crippen MR) is 117 cm³/mol. The van der Waals surface area contributed by atoms with Crippen LogP contribution in [0.3, 0.4) is 0 Å². The van der Waals surface area contributed by atoms with Crippen molar-refractivity contribution in [3.05, 3.63) is 46.2 Å². The Morgan fingerprint density at radius 2 is 1.97 bits per heavy atom. The van der Waals surface area contributed by atoms with E-state index < -0.39 is 10.0 Å². The molecule has 1 amide bonds. The van der Waals surface area contributed by atoms with Gasteiger partial charge in [-0.1, -0.05) is 15.9 Å². The van der Waals surface area contributed by atoms with Gasteiger partial charge in [0, 0.05) is 23.8 Å². The van der Waals surface area contributed by atoms with Crippen molar-refractivity contribution in [2.24, 2.45) is 0 Å². The molecule has 3 heterocycles. The summed E-state index contributed by atoms with van der Waals surface area (Å²) in [6.45, 7) is 3.23. The third kappa shape index (κ3) is 4.01. The lowest BCUT2D eigenvalue weighted by molar-refractivity contribution is 0.0725. The van der Waals surface area contributed by atoms with Gasteiger partial charge in [0.25, 0.3) is 15.9 Å². The van der Waals surface area contributed by atoms with Gasteiger partial charge in [0.15, 0.2) is 5.03 Å². The summed E-state index contributed by atoms with van der Waals surface area (Å²) in [6.07, 6.45) is 6.05. The molecule has 0 atom stereocenters. The molecule has 10 heteroatoms. The number of carbonyl (C=O) groups is 1. The van der Waals surface area contributed by atoms with Crippen molar-refractivity contribution in [2.45, 2.75) is 31.2 Å². The third-order valence-corrected chi connectivity index (χ3v) is 7.64. The molecule has 1 saturated heterocycles. The second-order valence-corrected chi connectivity index (χ2v) is 10.3. The highest BCUT2D eigenvalue weighted by atomic mass is 79.9. The van der Waals surface area contributed by atoms with Gasteiger partial charge >= 0.3 is 0 Å². The SMILES string of the molecule is Cc1cnc(S(=O)(=O)Nc2cc(Br)ccc2C(=O)N2CCCCC2)c2cnsc12. The molecule has 0 aliphatic carbocycles. The number of halogens is 1. The van der Waals surface area contributed by atoms with Crippen LogP contribution in [0.25, 0.3) is 10.1 Å². The molecule has 2 aromatic heterocycles. The van der Waals surface area contributed by atoms with Gasteiger partial charge in [-0.15, -0.1) is 0 Å². The summed E-state index contributed by atoms with van der Waals surface area (Å²) in [6, 6.07) is 4.98. The van der Waals surface area contributed by atoms with E-state index in [1.54, 1.807) is 23.1 Å². The minimum Gasteiger partial charge on any atom is -0.339 e. The Balaban J connectivity index is 1.73. The molecule has 1 N–H and O–H groups in total. The number of nitrogens with zero attached hydrogens (tertiary/aromatic N) is 3. The Morgan fingerprint density at radius 3 is 2.72 bits per heavy atom. The lowest BCUT2D eigenvalue weighted by Crippen LogP contribution is -2.36. The number of anilines is 1. The number of pyridine rings is 1. The summed E-state index contributed by atoms with van der Waals surface area (Å²) in [7, 11) is -4.02. The van der Waals surface area contributed by atoms with Crippen LogP contribution in [-0.2, 0) is 10.0 Å². The van der Waals surface area contributed by atoms with Crippen LogP contribution in [0.2, 0.25) is 0 Å². The predicted octanol–water partition coefficient (Wildman–Crippen LogP) is 4.19. The maximum Gasteiger partial charge on any atom is 0.280 e. The number of benzene rings is 1. The molecule has 0 unspecified atom stereocenters. The third-order valence-electron chi connectivity index (χ3n) is 4.89. The summed E-state index contributed by atoms with van der Waals surface area (Å²) in [4.78, 5) is 18.9. The zero-order chi connectivity index (χ0) is 20.6. The average Bonchev–Trinajstić information content (AvgIpc) is 3.19. The first-order chi connectivity index (χ1) is 13.9. The number of aromatic nitrogens is 2. The van der Waals surface area contributed by atoms with E-state index >= 15 is 0 Å². The molecule has 3 aromatic rings. The van der Waals surface area contributed by atoms with E-state index in [4.69, 9.17) is 0 Å². The maximum atomic E-state index is 13.2. The Hall–Kier alpha value is -2.04. The topological polar surface area (TPSA) is 92.3 Å². The van der Waals surface area contributed by atoms with Crippen LogP contribution in [-0.4, -0.2) is 41.7 Å². The van der Waals surface area contributed by atoms with Crippen LogP contribution in [0.4, 0.5) is 5.69 Å². The summed E-state index contributed by atoms with van der Waals surface area (Å²) < 4.78 is 34.4. The molecule has 1 aliphatic heterocycles. The molecule has 0 spiro atoms. The molecule has 0 bridgehead atoms. The number of hydrogen-bond acceptors (Lipinski definition) is 6. The summed E-state index contributed by atoms with van der Waals surface area (Å²) >= 11 is 4.59. The first-order valence-corrected chi connectivity index (χ1v) is 12.2. The molecule has 1 aliphatic rings. The van der Waals surface area contributed by atoms with Crippen LogP contribution in [0, 0.1) is 6.92 Å². The highest BCUT2D eigenvalue weighted by Gasteiger charge is 2.26. The number of likely N-dealkylation sites (tertiary alicyclic amines) is 1. The maximum absolute atomic E-state index is 13.2. The lowest BCUT2D eigenvalue weighted by Gasteiger charge is -2.27. The van der Waals surface area contributed by atoms with Gasteiger partial charge in [-0.2, -0.15) is 12.8 Å². The van der Waals surface area contributed by atoms with E-state index in [-0.39, 0.29) is 16.6 Å². The molecule has 1 fully saturated rings. The monoisotopic (exact) mass is 494 g/mol. The molecular formula is C19H19BrN4O3S2. The molecule has 152 valence electrons. The fraction of sp³-hybridized carbons (Fsp3) is 0.316. The number of rotatable bonds is 4. The largest absolute Gasteiger partial charge is 0.339 e. The smallest absolute Gasteiger partial charge is 0.280 e. The van der Waals surface area contributed by atoms with Crippen molar-refractivity contribution in [3.63, 3.8) is 0 Å². The average molecular weight is 495 g/mol. The fourth-order valence-electron chi connectivity index (χ4n) is 3.42. The van der Waals surface area contributed by atoms with Gasteiger partial charge in [0.1, 0.15) is 0 Å². The number of carbonyl (C=O) groups excluding carboxylic acids is 1.